The first-order chi connectivity index (χ1) is 6.86. The smallest absolute Gasteiger partial charge is 0.0638 e. The summed E-state index contributed by atoms with van der Waals surface area (Å²) in [6.07, 6.45) is 1.76. The van der Waals surface area contributed by atoms with Crippen LogP contribution in [0.3, 0.4) is 0 Å². The van der Waals surface area contributed by atoms with E-state index in [0.717, 1.165) is 39.2 Å². The highest BCUT2D eigenvalue weighted by molar-refractivity contribution is 4.85. The number of hydrogen-bond acceptors (Lipinski definition) is 4. The first-order valence-corrected chi connectivity index (χ1v) is 5.18. The second kappa shape index (κ2) is 6.77. The SMILES string of the molecule is COCCN1CCCNC(CC#N)C1. The summed E-state index contributed by atoms with van der Waals surface area (Å²) in [5, 5.41) is 12.0. The van der Waals surface area contributed by atoms with Crippen molar-refractivity contribution in [3.05, 3.63) is 0 Å². The predicted molar refractivity (Wildman–Crippen MR) is 55.0 cm³/mol. The van der Waals surface area contributed by atoms with E-state index in [-0.39, 0.29) is 0 Å². The molecule has 0 saturated carbocycles. The van der Waals surface area contributed by atoms with Gasteiger partial charge in [-0.25, -0.2) is 0 Å². The molecule has 0 amide bonds. The van der Waals surface area contributed by atoms with Crippen LogP contribution in [0.25, 0.3) is 0 Å². The van der Waals surface area contributed by atoms with Crippen LogP contribution in [0.1, 0.15) is 12.8 Å². The predicted octanol–water partition coefficient (Wildman–Crippen LogP) is 0.210. The molecule has 0 spiro atoms. The van der Waals surface area contributed by atoms with Crippen LogP contribution in [-0.2, 0) is 4.74 Å². The van der Waals surface area contributed by atoms with E-state index in [9.17, 15) is 0 Å². The van der Waals surface area contributed by atoms with Crippen LogP contribution < -0.4 is 5.32 Å². The number of ether oxygens (including phenoxy) is 1. The molecule has 0 aromatic heterocycles. The number of hydrogen-bond donors (Lipinski definition) is 1. The molecule has 1 N–H and O–H groups in total. The molecule has 0 radical (unpaired) electrons. The number of rotatable bonds is 4. The quantitative estimate of drug-likeness (QED) is 0.700. The lowest BCUT2D eigenvalue weighted by atomic mass is 10.2. The molecule has 1 aliphatic heterocycles. The van der Waals surface area contributed by atoms with Crippen LogP contribution in [-0.4, -0.2) is 50.8 Å². The fourth-order valence-electron chi connectivity index (χ4n) is 1.75. The summed E-state index contributed by atoms with van der Waals surface area (Å²) in [5.41, 5.74) is 0. The molecule has 14 heavy (non-hydrogen) atoms. The zero-order valence-electron chi connectivity index (χ0n) is 8.83. The van der Waals surface area contributed by atoms with Crippen molar-refractivity contribution in [3.8, 4) is 6.07 Å². The fraction of sp³-hybridized carbons (Fsp3) is 0.900. The van der Waals surface area contributed by atoms with Crippen molar-refractivity contribution in [1.82, 2.24) is 10.2 Å². The Hall–Kier alpha value is -0.630. The largest absolute Gasteiger partial charge is 0.383 e. The topological polar surface area (TPSA) is 48.3 Å². The zero-order chi connectivity index (χ0) is 10.2. The van der Waals surface area contributed by atoms with Crippen LogP contribution in [0.5, 0.6) is 0 Å². The zero-order valence-corrected chi connectivity index (χ0v) is 8.83. The molecule has 1 fully saturated rings. The number of nitrogens with one attached hydrogen (secondary N) is 1. The van der Waals surface area contributed by atoms with Crippen LogP contribution in [0.15, 0.2) is 0 Å². The summed E-state index contributed by atoms with van der Waals surface area (Å²) in [6.45, 7) is 4.85. The maximum Gasteiger partial charge on any atom is 0.0638 e. The first-order valence-electron chi connectivity index (χ1n) is 5.18. The normalized spacial score (nSPS) is 24.1. The third-order valence-electron chi connectivity index (χ3n) is 2.51. The summed E-state index contributed by atoms with van der Waals surface area (Å²) in [6, 6.07) is 2.55. The van der Waals surface area contributed by atoms with E-state index in [1.165, 1.54) is 0 Å². The van der Waals surface area contributed by atoms with Crippen molar-refractivity contribution >= 4 is 0 Å². The molecule has 4 nitrogen and oxygen atoms in total. The van der Waals surface area contributed by atoms with Gasteiger partial charge in [0.25, 0.3) is 0 Å². The highest BCUT2D eigenvalue weighted by Gasteiger charge is 2.16. The number of nitrogens with zero attached hydrogens (tertiary/aromatic N) is 2. The molecule has 1 unspecified atom stereocenters. The summed E-state index contributed by atoms with van der Waals surface area (Å²) < 4.78 is 5.05. The highest BCUT2D eigenvalue weighted by atomic mass is 16.5. The van der Waals surface area contributed by atoms with E-state index in [1.54, 1.807) is 7.11 Å². The van der Waals surface area contributed by atoms with E-state index in [1.807, 2.05) is 0 Å². The van der Waals surface area contributed by atoms with Gasteiger partial charge in [0.15, 0.2) is 0 Å². The van der Waals surface area contributed by atoms with Gasteiger partial charge in [0.2, 0.25) is 0 Å². The van der Waals surface area contributed by atoms with Crippen molar-refractivity contribution in [1.29, 1.82) is 5.26 Å². The van der Waals surface area contributed by atoms with E-state index in [2.05, 4.69) is 16.3 Å². The fourth-order valence-corrected chi connectivity index (χ4v) is 1.75. The van der Waals surface area contributed by atoms with Gasteiger partial charge in [0.05, 0.1) is 19.1 Å². The van der Waals surface area contributed by atoms with E-state index in [4.69, 9.17) is 10.00 Å². The van der Waals surface area contributed by atoms with Crippen molar-refractivity contribution in [2.45, 2.75) is 18.9 Å². The second-order valence-electron chi connectivity index (χ2n) is 3.66. The lowest BCUT2D eigenvalue weighted by molar-refractivity contribution is 0.147. The molecule has 1 heterocycles. The van der Waals surface area contributed by atoms with Gasteiger partial charge >= 0.3 is 0 Å². The van der Waals surface area contributed by atoms with E-state index < -0.39 is 0 Å². The Balaban J connectivity index is 2.31. The summed E-state index contributed by atoms with van der Waals surface area (Å²) >= 11 is 0. The molecule has 0 aromatic rings. The van der Waals surface area contributed by atoms with E-state index >= 15 is 0 Å². The van der Waals surface area contributed by atoms with Crippen LogP contribution in [0.2, 0.25) is 0 Å². The minimum absolute atomic E-state index is 0.333. The lowest BCUT2D eigenvalue weighted by Gasteiger charge is -2.22. The Morgan fingerprint density at radius 1 is 1.64 bits per heavy atom. The van der Waals surface area contributed by atoms with Gasteiger partial charge in [0, 0.05) is 26.2 Å². The summed E-state index contributed by atoms with van der Waals surface area (Å²) in [4.78, 5) is 2.37. The van der Waals surface area contributed by atoms with Gasteiger partial charge in [0.1, 0.15) is 0 Å². The van der Waals surface area contributed by atoms with Crippen LogP contribution in [0, 0.1) is 11.3 Å². The van der Waals surface area contributed by atoms with Crippen LogP contribution >= 0.6 is 0 Å². The summed E-state index contributed by atoms with van der Waals surface area (Å²) in [7, 11) is 1.73. The van der Waals surface area contributed by atoms with Crippen molar-refractivity contribution < 1.29 is 4.74 Å². The number of nitriles is 1. The van der Waals surface area contributed by atoms with Crippen LogP contribution in [0.4, 0.5) is 0 Å². The maximum atomic E-state index is 8.64. The Bertz CT molecular complexity index is 190. The minimum Gasteiger partial charge on any atom is -0.383 e. The molecule has 0 aromatic carbocycles. The lowest BCUT2D eigenvalue weighted by Crippen LogP contribution is -2.38. The van der Waals surface area contributed by atoms with Crippen molar-refractivity contribution in [3.63, 3.8) is 0 Å². The van der Waals surface area contributed by atoms with Gasteiger partial charge in [-0.2, -0.15) is 5.26 Å². The third-order valence-corrected chi connectivity index (χ3v) is 2.51. The Labute approximate surface area is 85.8 Å². The average Bonchev–Trinajstić information content (AvgIpc) is 2.41. The Kier molecular flexibility index (Phi) is 5.53. The van der Waals surface area contributed by atoms with Gasteiger partial charge < -0.3 is 10.1 Å². The number of methoxy groups -OCH3 is 1. The summed E-state index contributed by atoms with van der Waals surface area (Å²) in [5.74, 6) is 0. The average molecular weight is 197 g/mol. The molecule has 1 rings (SSSR count). The van der Waals surface area contributed by atoms with Crippen molar-refractivity contribution in [2.75, 3.05) is 39.9 Å². The van der Waals surface area contributed by atoms with E-state index in [0.29, 0.717) is 12.5 Å². The minimum atomic E-state index is 0.333. The molecular weight excluding hydrogens is 178 g/mol. The Morgan fingerprint density at radius 2 is 2.50 bits per heavy atom. The monoisotopic (exact) mass is 197 g/mol. The molecule has 4 heteroatoms. The van der Waals surface area contributed by atoms with Gasteiger partial charge in [-0.05, 0) is 19.5 Å². The molecule has 0 aliphatic carbocycles. The van der Waals surface area contributed by atoms with Gasteiger partial charge in [-0.3, -0.25) is 4.90 Å². The molecule has 0 bridgehead atoms. The van der Waals surface area contributed by atoms with Gasteiger partial charge in [-0.15, -0.1) is 0 Å². The first kappa shape index (κ1) is 11.4. The molecule has 1 saturated heterocycles. The van der Waals surface area contributed by atoms with Crippen molar-refractivity contribution in [2.24, 2.45) is 0 Å². The van der Waals surface area contributed by atoms with Gasteiger partial charge in [-0.1, -0.05) is 0 Å². The molecular formula is C10H19N3O. The molecule has 1 aliphatic rings. The standard InChI is InChI=1S/C10H19N3O/c1-14-8-7-13-6-2-5-12-10(9-13)3-4-11/h10,12H,2-3,5-9H2,1H3. The molecule has 80 valence electrons. The molecule has 1 atom stereocenters. The second-order valence-corrected chi connectivity index (χ2v) is 3.66. The Morgan fingerprint density at radius 3 is 3.21 bits per heavy atom. The maximum absolute atomic E-state index is 8.64. The highest BCUT2D eigenvalue weighted by Crippen LogP contribution is 2.02. The third kappa shape index (κ3) is 4.05.